The quantitative estimate of drug-likeness (QED) is 0.231. The lowest BCUT2D eigenvalue weighted by atomic mass is 10.2. The van der Waals surface area contributed by atoms with E-state index in [4.69, 9.17) is 26.6 Å². The van der Waals surface area contributed by atoms with Crippen LogP contribution in [0.1, 0.15) is 32.3 Å². The fourth-order valence-electron chi connectivity index (χ4n) is 1.44. The Morgan fingerprint density at radius 2 is 2.00 bits per heavy atom. The van der Waals surface area contributed by atoms with Crippen molar-refractivity contribution in [1.82, 2.24) is 0 Å². The van der Waals surface area contributed by atoms with Crippen LogP contribution in [0.3, 0.4) is 0 Å². The van der Waals surface area contributed by atoms with Gasteiger partial charge in [0.25, 0.3) is 0 Å². The highest BCUT2D eigenvalue weighted by Crippen LogP contribution is 2.15. The first-order valence-electron chi connectivity index (χ1n) is 6.19. The van der Waals surface area contributed by atoms with Gasteiger partial charge in [-0.1, -0.05) is 18.6 Å². The highest BCUT2D eigenvalue weighted by Gasteiger charge is 2.08. The fraction of sp³-hybridized carbons (Fsp3) is 0.357. The Balaban J connectivity index is 2.63. The van der Waals surface area contributed by atoms with Crippen molar-refractivity contribution in [3.63, 3.8) is 0 Å². The zero-order valence-electron chi connectivity index (χ0n) is 11.3. The SMILES string of the molecule is CC/C(C)=C\CC(ON)Oc1ccc(C(=N)N)cc1. The number of nitrogens with one attached hydrogen (secondary N) is 1. The monoisotopic (exact) mass is 263 g/mol. The van der Waals surface area contributed by atoms with Crippen LogP contribution in [0.5, 0.6) is 5.75 Å². The highest BCUT2D eigenvalue weighted by molar-refractivity contribution is 5.94. The molecule has 19 heavy (non-hydrogen) atoms. The van der Waals surface area contributed by atoms with Crippen LogP contribution in [0.2, 0.25) is 0 Å². The van der Waals surface area contributed by atoms with E-state index in [0.717, 1.165) is 6.42 Å². The molecule has 0 aromatic heterocycles. The van der Waals surface area contributed by atoms with Crippen LogP contribution < -0.4 is 16.4 Å². The van der Waals surface area contributed by atoms with Crippen LogP contribution in [0.4, 0.5) is 0 Å². The second-order valence-electron chi connectivity index (χ2n) is 4.26. The van der Waals surface area contributed by atoms with E-state index in [1.165, 1.54) is 5.57 Å². The molecule has 0 saturated carbocycles. The average Bonchev–Trinajstić information content (AvgIpc) is 2.43. The number of hydrogen-bond donors (Lipinski definition) is 3. The molecule has 1 aromatic carbocycles. The summed E-state index contributed by atoms with van der Waals surface area (Å²) in [5.41, 5.74) is 7.29. The van der Waals surface area contributed by atoms with E-state index in [-0.39, 0.29) is 5.84 Å². The molecule has 0 bridgehead atoms. The third-order valence-electron chi connectivity index (χ3n) is 2.80. The van der Waals surface area contributed by atoms with Gasteiger partial charge in [-0.15, -0.1) is 0 Å². The lowest BCUT2D eigenvalue weighted by Gasteiger charge is -2.15. The molecule has 1 aromatic rings. The van der Waals surface area contributed by atoms with Crippen LogP contribution in [-0.4, -0.2) is 12.1 Å². The molecule has 5 nitrogen and oxygen atoms in total. The first kappa shape index (κ1) is 15.2. The molecular formula is C14H21N3O2. The molecule has 5 N–H and O–H groups in total. The summed E-state index contributed by atoms with van der Waals surface area (Å²) in [4.78, 5) is 4.79. The minimum absolute atomic E-state index is 0.0275. The fourth-order valence-corrected chi connectivity index (χ4v) is 1.44. The van der Waals surface area contributed by atoms with Crippen molar-refractivity contribution in [3.8, 4) is 5.75 Å². The number of nitrogen functional groups attached to an aromatic ring is 1. The molecular weight excluding hydrogens is 242 g/mol. The minimum Gasteiger partial charge on any atom is -0.463 e. The van der Waals surface area contributed by atoms with Gasteiger partial charge in [-0.25, -0.2) is 5.90 Å². The predicted octanol–water partition coefficient (Wildman–Crippen LogP) is 2.31. The van der Waals surface area contributed by atoms with Crippen molar-refractivity contribution in [1.29, 1.82) is 5.41 Å². The number of rotatable bonds is 7. The van der Waals surface area contributed by atoms with Crippen molar-refractivity contribution in [2.75, 3.05) is 0 Å². The van der Waals surface area contributed by atoms with E-state index in [9.17, 15) is 0 Å². The Hall–Kier alpha value is -1.85. The molecule has 0 radical (unpaired) electrons. The number of ether oxygens (including phenoxy) is 1. The van der Waals surface area contributed by atoms with Gasteiger partial charge in [0.1, 0.15) is 11.6 Å². The first-order valence-corrected chi connectivity index (χ1v) is 6.19. The van der Waals surface area contributed by atoms with Gasteiger partial charge in [-0.3, -0.25) is 10.2 Å². The summed E-state index contributed by atoms with van der Waals surface area (Å²) < 4.78 is 5.59. The maximum Gasteiger partial charge on any atom is 0.221 e. The molecule has 104 valence electrons. The summed E-state index contributed by atoms with van der Waals surface area (Å²) in [5, 5.41) is 7.30. The molecule has 0 aliphatic carbocycles. The Bertz CT molecular complexity index is 441. The van der Waals surface area contributed by atoms with Gasteiger partial charge in [0, 0.05) is 12.0 Å². The van der Waals surface area contributed by atoms with Crippen molar-refractivity contribution < 1.29 is 9.57 Å². The van der Waals surface area contributed by atoms with E-state index >= 15 is 0 Å². The average molecular weight is 263 g/mol. The van der Waals surface area contributed by atoms with E-state index in [0.29, 0.717) is 17.7 Å². The van der Waals surface area contributed by atoms with E-state index in [1.807, 2.05) is 6.08 Å². The Morgan fingerprint density at radius 1 is 1.37 bits per heavy atom. The molecule has 0 heterocycles. The lowest BCUT2D eigenvalue weighted by molar-refractivity contribution is -0.0798. The second-order valence-corrected chi connectivity index (χ2v) is 4.26. The molecule has 0 spiro atoms. The van der Waals surface area contributed by atoms with Gasteiger partial charge in [-0.05, 0) is 37.6 Å². The summed E-state index contributed by atoms with van der Waals surface area (Å²) in [6, 6.07) is 6.91. The number of amidine groups is 1. The second kappa shape index (κ2) is 7.56. The zero-order chi connectivity index (χ0) is 14.3. The molecule has 0 aliphatic heterocycles. The standard InChI is InChI=1S/C14H21N3O2/c1-3-10(2)4-9-13(19-17)18-12-7-5-11(6-8-12)14(15)16/h4-8,13H,3,9,17H2,1-2H3,(H3,15,16)/b10-4-. The number of allylic oxidation sites excluding steroid dienone is 1. The summed E-state index contributed by atoms with van der Waals surface area (Å²) in [6.45, 7) is 4.14. The van der Waals surface area contributed by atoms with Crippen LogP contribution in [-0.2, 0) is 4.84 Å². The maximum atomic E-state index is 7.30. The third-order valence-corrected chi connectivity index (χ3v) is 2.80. The molecule has 0 fully saturated rings. The van der Waals surface area contributed by atoms with Crippen molar-refractivity contribution in [2.24, 2.45) is 11.6 Å². The van der Waals surface area contributed by atoms with Crippen LogP contribution in [0.25, 0.3) is 0 Å². The molecule has 5 heteroatoms. The van der Waals surface area contributed by atoms with Gasteiger partial charge in [-0.2, -0.15) is 0 Å². The zero-order valence-corrected chi connectivity index (χ0v) is 11.3. The minimum atomic E-state index is -0.523. The third kappa shape index (κ3) is 5.11. The Labute approximate surface area is 113 Å². The van der Waals surface area contributed by atoms with Gasteiger partial charge in [0.05, 0.1) is 0 Å². The van der Waals surface area contributed by atoms with E-state index in [1.54, 1.807) is 24.3 Å². The maximum absolute atomic E-state index is 7.30. The summed E-state index contributed by atoms with van der Waals surface area (Å²) in [7, 11) is 0. The largest absolute Gasteiger partial charge is 0.463 e. The van der Waals surface area contributed by atoms with E-state index < -0.39 is 6.29 Å². The van der Waals surface area contributed by atoms with Crippen LogP contribution >= 0.6 is 0 Å². The van der Waals surface area contributed by atoms with Gasteiger partial charge < -0.3 is 10.5 Å². The number of benzene rings is 1. The summed E-state index contributed by atoms with van der Waals surface area (Å²) in [6.07, 6.45) is 3.10. The molecule has 0 aliphatic rings. The molecule has 0 amide bonds. The van der Waals surface area contributed by atoms with Crippen molar-refractivity contribution >= 4 is 5.84 Å². The van der Waals surface area contributed by atoms with Crippen LogP contribution in [0.15, 0.2) is 35.9 Å². The molecule has 1 rings (SSSR count). The Morgan fingerprint density at radius 3 is 2.47 bits per heavy atom. The van der Waals surface area contributed by atoms with Gasteiger partial charge >= 0.3 is 0 Å². The van der Waals surface area contributed by atoms with Gasteiger partial charge in [0.2, 0.25) is 6.29 Å². The van der Waals surface area contributed by atoms with E-state index in [2.05, 4.69) is 13.8 Å². The Kier molecular flexibility index (Phi) is 6.05. The normalized spacial score (nSPS) is 13.1. The summed E-state index contributed by atoms with van der Waals surface area (Å²) in [5.74, 6) is 5.87. The molecule has 0 saturated heterocycles. The van der Waals surface area contributed by atoms with Crippen molar-refractivity contribution in [2.45, 2.75) is 33.0 Å². The highest BCUT2D eigenvalue weighted by atomic mass is 16.7. The molecule has 1 atom stereocenters. The number of hydrogen-bond acceptors (Lipinski definition) is 4. The van der Waals surface area contributed by atoms with Crippen LogP contribution in [0, 0.1) is 5.41 Å². The lowest BCUT2D eigenvalue weighted by Crippen LogP contribution is -2.23. The summed E-state index contributed by atoms with van der Waals surface area (Å²) >= 11 is 0. The topological polar surface area (TPSA) is 94.4 Å². The number of nitrogens with two attached hydrogens (primary N) is 2. The first-order chi connectivity index (χ1) is 9.06. The molecule has 1 unspecified atom stereocenters. The smallest absolute Gasteiger partial charge is 0.221 e. The van der Waals surface area contributed by atoms with Gasteiger partial charge in [0.15, 0.2) is 0 Å². The van der Waals surface area contributed by atoms with Crippen molar-refractivity contribution in [3.05, 3.63) is 41.5 Å². The predicted molar refractivity (Wildman–Crippen MR) is 75.8 cm³/mol.